The molecule has 2 bridgehead atoms. The van der Waals surface area contributed by atoms with Crippen molar-refractivity contribution in [3.63, 3.8) is 0 Å². The summed E-state index contributed by atoms with van der Waals surface area (Å²) in [6.45, 7) is 3.54. The molecule has 0 N–H and O–H groups in total. The fourth-order valence-corrected chi connectivity index (χ4v) is 4.38. The maximum atomic E-state index is 13.6. The molecule has 0 saturated carbocycles. The third kappa shape index (κ3) is 2.96. The van der Waals surface area contributed by atoms with Crippen LogP contribution in [0, 0.1) is 5.82 Å². The van der Waals surface area contributed by atoms with Crippen LogP contribution in [0.1, 0.15) is 17.7 Å². The van der Waals surface area contributed by atoms with Crippen LogP contribution in [0.2, 0.25) is 0 Å². The quantitative estimate of drug-likeness (QED) is 0.690. The van der Waals surface area contributed by atoms with E-state index in [4.69, 9.17) is 9.26 Å². The van der Waals surface area contributed by atoms with Gasteiger partial charge in [-0.3, -0.25) is 14.8 Å². The van der Waals surface area contributed by atoms with Gasteiger partial charge in [-0.25, -0.2) is 4.39 Å². The van der Waals surface area contributed by atoms with E-state index in [9.17, 15) is 4.39 Å². The standard InChI is InChI=1S/C20H21FN4O2/c1-26-19-4-5-22-8-13(19)9-24-10-15-7-16(11-24)25(15)12-18-17-6-14(21)2-3-20(17)27-23-18/h2-6,8,15-16H,7,9-12H2,1H3. The summed E-state index contributed by atoms with van der Waals surface area (Å²) in [4.78, 5) is 9.13. The van der Waals surface area contributed by atoms with Gasteiger partial charge < -0.3 is 9.26 Å². The third-order valence-corrected chi connectivity index (χ3v) is 5.73. The highest BCUT2D eigenvalue weighted by Gasteiger charge is 2.44. The SMILES string of the molecule is COc1ccncc1CN1CC2CC(C1)N2Cc1noc2ccc(F)cc12. The lowest BCUT2D eigenvalue weighted by molar-refractivity contribution is -0.0783. The molecule has 2 atom stereocenters. The molecule has 140 valence electrons. The predicted molar refractivity (Wildman–Crippen MR) is 97.8 cm³/mol. The first-order valence-electron chi connectivity index (χ1n) is 9.20. The van der Waals surface area contributed by atoms with Gasteiger partial charge >= 0.3 is 0 Å². The zero-order valence-corrected chi connectivity index (χ0v) is 15.1. The summed E-state index contributed by atoms with van der Waals surface area (Å²) in [7, 11) is 1.69. The summed E-state index contributed by atoms with van der Waals surface area (Å²) in [5.41, 5.74) is 2.58. The predicted octanol–water partition coefficient (Wildman–Crippen LogP) is 2.83. The van der Waals surface area contributed by atoms with Gasteiger partial charge in [0.1, 0.15) is 17.3 Å². The number of hydrogen-bond donors (Lipinski definition) is 0. The van der Waals surface area contributed by atoms with Gasteiger partial charge in [-0.15, -0.1) is 0 Å². The molecule has 0 radical (unpaired) electrons. The Balaban J connectivity index is 1.27. The molecular weight excluding hydrogens is 347 g/mol. The van der Waals surface area contributed by atoms with Crippen LogP contribution in [-0.2, 0) is 13.1 Å². The number of piperazine rings is 1. The monoisotopic (exact) mass is 368 g/mol. The number of benzene rings is 1. The van der Waals surface area contributed by atoms with Crippen LogP contribution in [-0.4, -0.2) is 52.2 Å². The zero-order chi connectivity index (χ0) is 18.4. The Bertz CT molecular complexity index is 964. The smallest absolute Gasteiger partial charge is 0.167 e. The van der Waals surface area contributed by atoms with Crippen LogP contribution < -0.4 is 4.74 Å². The first-order valence-corrected chi connectivity index (χ1v) is 9.20. The molecule has 3 fully saturated rings. The molecular formula is C20H21FN4O2. The van der Waals surface area contributed by atoms with Gasteiger partial charge in [0.25, 0.3) is 0 Å². The second-order valence-corrected chi connectivity index (χ2v) is 7.37. The number of methoxy groups -OCH3 is 1. The summed E-state index contributed by atoms with van der Waals surface area (Å²) >= 11 is 0. The molecule has 6 rings (SSSR count). The Morgan fingerprint density at radius 3 is 2.89 bits per heavy atom. The van der Waals surface area contributed by atoms with Crippen molar-refractivity contribution in [2.24, 2.45) is 0 Å². The molecule has 2 unspecified atom stereocenters. The third-order valence-electron chi connectivity index (χ3n) is 5.73. The molecule has 1 aromatic carbocycles. The normalized spacial score (nSPS) is 22.7. The van der Waals surface area contributed by atoms with E-state index in [0.29, 0.717) is 24.2 Å². The van der Waals surface area contributed by atoms with Crippen LogP contribution in [0.25, 0.3) is 11.0 Å². The molecule has 0 amide bonds. The van der Waals surface area contributed by atoms with Gasteiger partial charge in [0.15, 0.2) is 5.58 Å². The molecule has 27 heavy (non-hydrogen) atoms. The average Bonchev–Trinajstić information content (AvgIpc) is 3.08. The highest BCUT2D eigenvalue weighted by atomic mass is 19.1. The van der Waals surface area contributed by atoms with Crippen molar-refractivity contribution in [1.29, 1.82) is 0 Å². The van der Waals surface area contributed by atoms with Gasteiger partial charge in [0, 0.05) is 61.6 Å². The van der Waals surface area contributed by atoms with Crippen LogP contribution in [0.5, 0.6) is 5.75 Å². The lowest BCUT2D eigenvalue weighted by Gasteiger charge is -2.56. The van der Waals surface area contributed by atoms with Crippen LogP contribution >= 0.6 is 0 Å². The van der Waals surface area contributed by atoms with E-state index in [1.54, 1.807) is 19.4 Å². The maximum absolute atomic E-state index is 13.6. The van der Waals surface area contributed by atoms with E-state index in [0.717, 1.165) is 42.0 Å². The number of hydrogen-bond acceptors (Lipinski definition) is 6. The molecule has 3 saturated heterocycles. The lowest BCUT2D eigenvalue weighted by atomic mass is 9.87. The molecule has 7 heteroatoms. The van der Waals surface area contributed by atoms with Crippen molar-refractivity contribution < 1.29 is 13.7 Å². The minimum absolute atomic E-state index is 0.257. The molecule has 6 nitrogen and oxygen atoms in total. The largest absolute Gasteiger partial charge is 0.496 e. The summed E-state index contributed by atoms with van der Waals surface area (Å²) in [5, 5.41) is 4.95. The second kappa shape index (κ2) is 6.58. The van der Waals surface area contributed by atoms with Gasteiger partial charge in [0.2, 0.25) is 0 Å². The molecule has 5 heterocycles. The first kappa shape index (κ1) is 16.6. The maximum Gasteiger partial charge on any atom is 0.167 e. The van der Waals surface area contributed by atoms with Crippen molar-refractivity contribution >= 4 is 11.0 Å². The number of nitrogens with zero attached hydrogens (tertiary/aromatic N) is 4. The van der Waals surface area contributed by atoms with Crippen molar-refractivity contribution in [1.82, 2.24) is 19.9 Å². The highest BCUT2D eigenvalue weighted by molar-refractivity contribution is 5.79. The number of rotatable bonds is 5. The van der Waals surface area contributed by atoms with Crippen molar-refractivity contribution in [2.75, 3.05) is 20.2 Å². The van der Waals surface area contributed by atoms with E-state index in [1.165, 1.54) is 18.6 Å². The van der Waals surface area contributed by atoms with E-state index in [-0.39, 0.29) is 5.82 Å². The Hall–Kier alpha value is -2.51. The Labute approximate surface area is 156 Å². The number of ether oxygens (including phenoxy) is 1. The van der Waals surface area contributed by atoms with Gasteiger partial charge in [-0.1, -0.05) is 5.16 Å². The minimum atomic E-state index is -0.257. The van der Waals surface area contributed by atoms with E-state index < -0.39 is 0 Å². The number of piperidine rings is 1. The second-order valence-electron chi connectivity index (χ2n) is 7.37. The Kier molecular flexibility index (Phi) is 4.06. The molecule has 3 aromatic rings. The number of fused-ring (bicyclic) bond motifs is 3. The van der Waals surface area contributed by atoms with Crippen LogP contribution in [0.15, 0.2) is 41.2 Å². The van der Waals surface area contributed by atoms with Crippen molar-refractivity contribution in [3.8, 4) is 5.75 Å². The minimum Gasteiger partial charge on any atom is -0.496 e. The summed E-state index contributed by atoms with van der Waals surface area (Å²) in [6.07, 6.45) is 4.83. The lowest BCUT2D eigenvalue weighted by Crippen LogP contribution is -2.67. The molecule has 3 aliphatic rings. The van der Waals surface area contributed by atoms with Crippen molar-refractivity contribution in [3.05, 3.63) is 53.7 Å². The van der Waals surface area contributed by atoms with Crippen molar-refractivity contribution in [2.45, 2.75) is 31.6 Å². The Morgan fingerprint density at radius 1 is 1.22 bits per heavy atom. The highest BCUT2D eigenvalue weighted by Crippen LogP contribution is 2.35. The van der Waals surface area contributed by atoms with Crippen LogP contribution in [0.3, 0.4) is 0 Å². The van der Waals surface area contributed by atoms with E-state index >= 15 is 0 Å². The van der Waals surface area contributed by atoms with E-state index in [1.807, 2.05) is 12.3 Å². The van der Waals surface area contributed by atoms with Gasteiger partial charge in [-0.2, -0.15) is 0 Å². The molecule has 3 aliphatic heterocycles. The van der Waals surface area contributed by atoms with Crippen LogP contribution in [0.4, 0.5) is 4.39 Å². The molecule has 0 aliphatic carbocycles. The number of halogens is 1. The topological polar surface area (TPSA) is 54.6 Å². The fourth-order valence-electron chi connectivity index (χ4n) is 4.38. The number of aromatic nitrogens is 2. The first-order chi connectivity index (χ1) is 13.2. The summed E-state index contributed by atoms with van der Waals surface area (Å²) in [6, 6.07) is 7.44. The summed E-state index contributed by atoms with van der Waals surface area (Å²) in [5.74, 6) is 0.629. The molecule has 0 spiro atoms. The number of pyridine rings is 1. The van der Waals surface area contributed by atoms with E-state index in [2.05, 4.69) is 19.9 Å². The van der Waals surface area contributed by atoms with Gasteiger partial charge in [0.05, 0.1) is 7.11 Å². The molecule has 2 aromatic heterocycles. The van der Waals surface area contributed by atoms with Gasteiger partial charge in [-0.05, 0) is 30.7 Å². The summed E-state index contributed by atoms with van der Waals surface area (Å²) < 4.78 is 24.4. The Morgan fingerprint density at radius 2 is 2.07 bits per heavy atom. The average molecular weight is 368 g/mol. The zero-order valence-electron chi connectivity index (χ0n) is 15.1. The fraction of sp³-hybridized carbons (Fsp3) is 0.400.